The van der Waals surface area contributed by atoms with Crippen LogP contribution in [0.5, 0.6) is 0 Å². The van der Waals surface area contributed by atoms with Gasteiger partial charge in [0.1, 0.15) is 0 Å². The van der Waals surface area contributed by atoms with E-state index in [2.05, 4.69) is 0 Å². The molecule has 0 aliphatic carbocycles. The fourth-order valence-electron chi connectivity index (χ4n) is 0.0791. The molecule has 0 saturated carbocycles. The average Bonchev–Trinajstić information content (AvgIpc) is 0.722. The van der Waals surface area contributed by atoms with Crippen molar-refractivity contribution < 1.29 is 17.5 Å². The summed E-state index contributed by atoms with van der Waals surface area (Å²) in [6, 6.07) is 0. The van der Waals surface area contributed by atoms with Crippen LogP contribution in [-0.2, 0) is 17.5 Å². The summed E-state index contributed by atoms with van der Waals surface area (Å²) in [5.74, 6) is 0. The van der Waals surface area contributed by atoms with Gasteiger partial charge >= 0.3 is 35.3 Å². The first kappa shape index (κ1) is 3.29. The maximum atomic E-state index is 1.56. The second-order valence-electron chi connectivity index (χ2n) is 0.632. The number of rotatable bonds is 0. The predicted octanol–water partition coefficient (Wildman–Crippen LogP) is 1.09. The Kier molecular flexibility index (Phi) is 1.24. The monoisotopic (exact) mass is 166 g/mol. The number of hydrogen-bond acceptors (Lipinski definition) is 0. The molecule has 1 fully saturated rings. The molecule has 1 unspecified atom stereocenters. The van der Waals surface area contributed by atoms with Crippen molar-refractivity contribution in [2.24, 2.45) is 0 Å². The molecule has 1 rings (SSSR count). The maximum absolute atomic E-state index is 1.56. The molecule has 0 bridgehead atoms. The van der Waals surface area contributed by atoms with Gasteiger partial charge in [-0.1, -0.05) is 0 Å². The van der Waals surface area contributed by atoms with Gasteiger partial charge in [0.15, 0.2) is 0 Å². The van der Waals surface area contributed by atoms with Crippen molar-refractivity contribution >= 4 is 6.77 Å². The topological polar surface area (TPSA) is 0 Å². The molecule has 0 spiro atoms. The third kappa shape index (κ3) is 0.522. The molecule has 1 heterocycles. The molecule has 1 atom stereocenters. The summed E-state index contributed by atoms with van der Waals surface area (Å²) in [6.07, 6.45) is 1.55. The zero-order chi connectivity index (χ0) is 2.83. The molecule has 0 nitrogen and oxygen atoms in total. The van der Waals surface area contributed by atoms with Crippen molar-refractivity contribution in [3.8, 4) is 0 Å². The summed E-state index contributed by atoms with van der Waals surface area (Å²) < 4.78 is 0. The fraction of sp³-hybridized carbons (Fsp3) is 1.00. The molecule has 0 N–H and O–H groups in total. The predicted molar refractivity (Wildman–Crippen MR) is 18.0 cm³/mol. The fourth-order valence-corrected chi connectivity index (χ4v) is 1.40. The van der Waals surface area contributed by atoms with Crippen LogP contribution in [0.15, 0.2) is 0 Å². The van der Waals surface area contributed by atoms with Gasteiger partial charge in [-0.15, -0.1) is 0 Å². The van der Waals surface area contributed by atoms with Crippen molar-refractivity contribution in [3.05, 3.63) is 0 Å². The van der Waals surface area contributed by atoms with E-state index in [1.54, 1.807) is 11.1 Å². The first-order valence-electron chi connectivity index (χ1n) is 1.24. The standard InChI is InChI=1S/C2H5P.Pd/c1-2-3;/h3H,1-2H2;/q-1;+1. The minimum absolute atomic E-state index is 1.21. The van der Waals surface area contributed by atoms with Gasteiger partial charge in [0.05, 0.1) is 0 Å². The Balaban J connectivity index is 2.00. The van der Waals surface area contributed by atoms with Crippen LogP contribution >= 0.6 is 6.77 Å². The molecule has 1 aliphatic rings. The molecule has 0 aromatic rings. The van der Waals surface area contributed by atoms with Gasteiger partial charge in [-0.05, 0) is 0 Å². The van der Waals surface area contributed by atoms with E-state index in [0.717, 1.165) is 0 Å². The van der Waals surface area contributed by atoms with Crippen molar-refractivity contribution in [2.45, 2.75) is 4.89 Å². The summed E-state index contributed by atoms with van der Waals surface area (Å²) in [5.41, 5.74) is 0. The van der Waals surface area contributed by atoms with Crippen LogP contribution in [0, 0.1) is 0 Å². The second kappa shape index (κ2) is 1.51. The normalized spacial score (nSPS) is 32.0. The molecule has 0 amide bonds. The van der Waals surface area contributed by atoms with Gasteiger partial charge in [-0.3, -0.25) is 0 Å². The van der Waals surface area contributed by atoms with E-state index in [1.807, 2.05) is 0 Å². The van der Waals surface area contributed by atoms with E-state index >= 15 is 0 Å². The van der Waals surface area contributed by atoms with E-state index in [-0.39, 0.29) is 0 Å². The zero-order valence-electron chi connectivity index (χ0n) is 2.23. The number of hydrogen-bond donors (Lipinski definition) is 0. The molecular weight excluding hydrogens is 161 g/mol. The molecule has 4 heavy (non-hydrogen) atoms. The Labute approximate surface area is 35.8 Å². The van der Waals surface area contributed by atoms with Crippen LogP contribution in [0.3, 0.4) is 0 Å². The van der Waals surface area contributed by atoms with E-state index < -0.39 is 0 Å². The van der Waals surface area contributed by atoms with Crippen LogP contribution in [0.4, 0.5) is 0 Å². The Morgan fingerprint density at radius 3 is 2.00 bits per heavy atom. The Hall–Kier alpha value is 1.09. The Bertz CT molecular complexity index is 14.0. The Morgan fingerprint density at radius 1 is 1.75 bits per heavy atom. The summed E-state index contributed by atoms with van der Waals surface area (Å²) in [5, 5.41) is 0. The molecule has 1 aliphatic heterocycles. The second-order valence-corrected chi connectivity index (χ2v) is 5.65. The summed E-state index contributed by atoms with van der Waals surface area (Å²) >= 11 is 1.21. The molecular formula is C2H5PPd. The molecule has 0 aromatic heterocycles. The summed E-state index contributed by atoms with van der Waals surface area (Å²) in [6.45, 7) is 1.37. The van der Waals surface area contributed by atoms with Crippen LogP contribution in [0.1, 0.15) is 0 Å². The van der Waals surface area contributed by atoms with Crippen LogP contribution in [0.2, 0.25) is 4.89 Å². The third-order valence-corrected chi connectivity index (χ3v) is 5.61. The van der Waals surface area contributed by atoms with Crippen LogP contribution in [0.25, 0.3) is 0 Å². The van der Waals surface area contributed by atoms with Crippen LogP contribution in [-0.4, -0.2) is 6.16 Å². The van der Waals surface area contributed by atoms with Crippen molar-refractivity contribution in [2.75, 3.05) is 6.16 Å². The molecule has 0 aromatic carbocycles. The van der Waals surface area contributed by atoms with Gasteiger partial charge < -0.3 is 0 Å². The molecule has 2 heteroatoms. The zero-order valence-corrected chi connectivity index (χ0v) is 4.79. The van der Waals surface area contributed by atoms with Gasteiger partial charge in [-0.25, -0.2) is 0 Å². The van der Waals surface area contributed by atoms with E-state index in [1.165, 1.54) is 24.3 Å². The molecule has 1 saturated heterocycles. The summed E-state index contributed by atoms with van der Waals surface area (Å²) in [7, 11) is 0. The SMILES string of the molecule is C1[CH2][Pd][PH]1. The van der Waals surface area contributed by atoms with Crippen molar-refractivity contribution in [3.63, 3.8) is 0 Å². The average molecular weight is 166 g/mol. The van der Waals surface area contributed by atoms with E-state index in [9.17, 15) is 0 Å². The first-order valence-corrected chi connectivity index (χ1v) is 5.69. The van der Waals surface area contributed by atoms with Crippen molar-refractivity contribution in [1.82, 2.24) is 0 Å². The van der Waals surface area contributed by atoms with Gasteiger partial charge in [0.25, 0.3) is 0 Å². The van der Waals surface area contributed by atoms with E-state index in [4.69, 9.17) is 0 Å². The molecule has 28 valence electrons. The van der Waals surface area contributed by atoms with Gasteiger partial charge in [-0.2, -0.15) is 0 Å². The van der Waals surface area contributed by atoms with E-state index in [0.29, 0.717) is 0 Å². The third-order valence-electron chi connectivity index (χ3n) is 0.316. The van der Waals surface area contributed by atoms with Gasteiger partial charge in [0.2, 0.25) is 0 Å². The minimum atomic E-state index is 1.21. The molecule has 0 radical (unpaired) electrons. The Morgan fingerprint density at radius 2 is 2.00 bits per heavy atom. The van der Waals surface area contributed by atoms with Crippen LogP contribution < -0.4 is 0 Å². The first-order chi connectivity index (χ1) is 2.00. The van der Waals surface area contributed by atoms with Crippen molar-refractivity contribution in [1.29, 1.82) is 0 Å². The quantitative estimate of drug-likeness (QED) is 0.373. The van der Waals surface area contributed by atoms with Gasteiger partial charge in [0, 0.05) is 0 Å². The summed E-state index contributed by atoms with van der Waals surface area (Å²) in [4.78, 5) is 1.56.